The molecule has 67 heavy (non-hydrogen) atoms. The van der Waals surface area contributed by atoms with Crippen LogP contribution in [0.1, 0.15) is 276 Å². The van der Waals surface area contributed by atoms with Gasteiger partial charge in [0, 0.05) is 34.7 Å². The van der Waals surface area contributed by atoms with Crippen molar-refractivity contribution in [3.05, 3.63) is 112 Å². The number of nitrogens with zero attached hydrogens (tertiary/aromatic N) is 1. The maximum Gasteiger partial charge on any atom is 0.0452 e. The maximum atomic E-state index is 2.87. The highest BCUT2D eigenvalue weighted by Crippen LogP contribution is 2.62. The second-order valence-corrected chi connectivity index (χ2v) is 23.4. The second-order valence-electron chi connectivity index (χ2n) is 23.4. The summed E-state index contributed by atoms with van der Waals surface area (Å²) in [7, 11) is 0. The van der Waals surface area contributed by atoms with E-state index >= 15 is 0 Å². The first-order valence-corrected chi connectivity index (χ1v) is 29.0. The van der Waals surface area contributed by atoms with Crippen LogP contribution in [0.15, 0.2) is 72.8 Å². The molecule has 1 heterocycles. The smallest absolute Gasteiger partial charge is 0.0452 e. The van der Waals surface area contributed by atoms with Crippen LogP contribution in [0.2, 0.25) is 0 Å². The average molecular weight is 909 g/mol. The van der Waals surface area contributed by atoms with Crippen LogP contribution in [-0.4, -0.2) is 6.54 Å². The second kappa shape index (κ2) is 23.7. The van der Waals surface area contributed by atoms with Gasteiger partial charge in [-0.25, -0.2) is 0 Å². The monoisotopic (exact) mass is 908 g/mol. The van der Waals surface area contributed by atoms with Crippen LogP contribution in [-0.2, 0) is 21.7 Å². The zero-order chi connectivity index (χ0) is 48.4. The Hall–Kier alpha value is -3.06. The van der Waals surface area contributed by atoms with E-state index in [1.165, 1.54) is 164 Å². The van der Waals surface area contributed by atoms with Gasteiger partial charge in [0.1, 0.15) is 0 Å². The van der Waals surface area contributed by atoms with Gasteiger partial charge in [0.2, 0.25) is 0 Å². The first-order valence-electron chi connectivity index (χ1n) is 29.0. The standard InChI is InChI=1S/C66H101N/c1-14-24-29-49(20-7)47-66(48-50(21-8)30-25-15-2)57-43-51(31-35-55(57)56-36-33-53(45-58(56)66)63(11,12)40-26-16-3)52-32-37-61-59(44-52)65(41-27-17-4,42-28-18-5)60-46-54(64(13,22-9)39-19-6)34-38-62(60)67(61)23-10/h31-38,43-46,49-50,55,57H,14-30,39-42,47-48H2,1-13H3. The molecule has 0 amide bonds. The fraction of sp³-hybridized carbons (Fsp3) is 0.667. The summed E-state index contributed by atoms with van der Waals surface area (Å²) in [4.78, 5) is 2.68. The third kappa shape index (κ3) is 10.8. The average Bonchev–Trinajstić information content (AvgIpc) is 3.61. The molecular formula is C66H101N. The predicted octanol–water partition coefficient (Wildman–Crippen LogP) is 20.6. The molecule has 6 rings (SSSR count). The van der Waals surface area contributed by atoms with Gasteiger partial charge in [-0.05, 0) is 143 Å². The lowest BCUT2D eigenvalue weighted by Crippen LogP contribution is -2.38. The van der Waals surface area contributed by atoms with Gasteiger partial charge < -0.3 is 4.90 Å². The first-order chi connectivity index (χ1) is 32.3. The summed E-state index contributed by atoms with van der Waals surface area (Å²) >= 11 is 0. The third-order valence-electron chi connectivity index (χ3n) is 18.6. The number of fused-ring (bicyclic) bond motifs is 5. The molecule has 3 aromatic rings. The lowest BCUT2D eigenvalue weighted by molar-refractivity contribution is 0.185. The van der Waals surface area contributed by atoms with E-state index in [2.05, 4.69) is 168 Å². The molecule has 0 fully saturated rings. The van der Waals surface area contributed by atoms with Crippen LogP contribution in [0.25, 0.3) is 5.57 Å². The molecule has 1 nitrogen and oxygen atoms in total. The molecule has 5 unspecified atom stereocenters. The molecule has 0 spiro atoms. The van der Waals surface area contributed by atoms with E-state index in [9.17, 15) is 0 Å². The van der Waals surface area contributed by atoms with Gasteiger partial charge in [-0.3, -0.25) is 0 Å². The van der Waals surface area contributed by atoms with Crippen molar-refractivity contribution in [2.45, 2.75) is 259 Å². The van der Waals surface area contributed by atoms with Crippen LogP contribution >= 0.6 is 0 Å². The highest BCUT2D eigenvalue weighted by Gasteiger charge is 2.53. The van der Waals surface area contributed by atoms with Crippen molar-refractivity contribution in [2.24, 2.45) is 17.8 Å². The fourth-order valence-corrected chi connectivity index (χ4v) is 14.0. The number of hydrogen-bond acceptors (Lipinski definition) is 1. The summed E-state index contributed by atoms with van der Waals surface area (Å²) in [6, 6.07) is 23.6. The lowest BCUT2D eigenvalue weighted by atomic mass is 9.60. The van der Waals surface area contributed by atoms with E-state index in [0.717, 1.165) is 18.4 Å². The number of anilines is 2. The fourth-order valence-electron chi connectivity index (χ4n) is 14.0. The molecule has 0 saturated heterocycles. The Morgan fingerprint density at radius 2 is 1.15 bits per heavy atom. The minimum Gasteiger partial charge on any atom is -0.341 e. The van der Waals surface area contributed by atoms with Crippen molar-refractivity contribution >= 4 is 16.9 Å². The van der Waals surface area contributed by atoms with Crippen molar-refractivity contribution in [3.8, 4) is 0 Å². The van der Waals surface area contributed by atoms with E-state index in [4.69, 9.17) is 0 Å². The summed E-state index contributed by atoms with van der Waals surface area (Å²) in [5, 5.41) is 0. The van der Waals surface area contributed by atoms with Gasteiger partial charge in [0.05, 0.1) is 0 Å². The molecule has 1 heteroatoms. The Morgan fingerprint density at radius 1 is 0.582 bits per heavy atom. The van der Waals surface area contributed by atoms with Crippen molar-refractivity contribution in [1.82, 2.24) is 0 Å². The molecule has 0 bridgehead atoms. The van der Waals surface area contributed by atoms with Gasteiger partial charge in [0.15, 0.2) is 0 Å². The van der Waals surface area contributed by atoms with Gasteiger partial charge >= 0.3 is 0 Å². The van der Waals surface area contributed by atoms with Crippen LogP contribution in [0.3, 0.4) is 0 Å². The van der Waals surface area contributed by atoms with Crippen molar-refractivity contribution < 1.29 is 0 Å². The highest BCUT2D eigenvalue weighted by atomic mass is 15.1. The summed E-state index contributed by atoms with van der Waals surface area (Å²) in [5.74, 6) is 2.38. The molecule has 5 atom stereocenters. The molecule has 3 aromatic carbocycles. The summed E-state index contributed by atoms with van der Waals surface area (Å²) < 4.78 is 0. The Balaban J connectivity index is 1.59. The lowest BCUT2D eigenvalue weighted by Gasteiger charge is -2.47. The molecule has 2 aliphatic carbocycles. The van der Waals surface area contributed by atoms with E-state index in [0.29, 0.717) is 11.8 Å². The van der Waals surface area contributed by atoms with Gasteiger partial charge in [-0.15, -0.1) is 0 Å². The Labute approximate surface area is 414 Å². The topological polar surface area (TPSA) is 3.24 Å². The highest BCUT2D eigenvalue weighted by molar-refractivity contribution is 5.84. The maximum absolute atomic E-state index is 2.87. The zero-order valence-electron chi connectivity index (χ0n) is 45.9. The SMILES string of the molecule is CCCCC(CC)CC1(CC(CC)CCCC)c2cc(C(C)(C)CCCC)ccc2C2C=CC(c3ccc4c(c3)C(CCCC)(CCCC)c3cc(C(C)(CC)CCC)ccc3N4CC)=CC21. The Morgan fingerprint density at radius 3 is 1.70 bits per heavy atom. The van der Waals surface area contributed by atoms with Gasteiger partial charge in [-0.2, -0.15) is 0 Å². The number of unbranched alkanes of at least 4 members (excludes halogenated alkanes) is 5. The minimum absolute atomic E-state index is 0.00764. The van der Waals surface area contributed by atoms with Crippen LogP contribution in [0, 0.1) is 17.8 Å². The molecule has 1 aliphatic heterocycles. The Kier molecular flexibility index (Phi) is 18.9. The predicted molar refractivity (Wildman–Crippen MR) is 298 cm³/mol. The van der Waals surface area contributed by atoms with Crippen LogP contribution < -0.4 is 4.90 Å². The Bertz CT molecular complexity index is 2070. The molecule has 0 saturated carbocycles. The number of hydrogen-bond donors (Lipinski definition) is 0. The van der Waals surface area contributed by atoms with E-state index in [1.807, 2.05) is 0 Å². The van der Waals surface area contributed by atoms with Crippen LogP contribution in [0.5, 0.6) is 0 Å². The summed E-state index contributed by atoms with van der Waals surface area (Å²) in [6.45, 7) is 32.7. The van der Waals surface area contributed by atoms with Crippen molar-refractivity contribution in [2.75, 3.05) is 11.4 Å². The van der Waals surface area contributed by atoms with Gasteiger partial charge in [-0.1, -0.05) is 234 Å². The molecule has 370 valence electrons. The van der Waals surface area contributed by atoms with E-state index in [1.54, 1.807) is 33.4 Å². The van der Waals surface area contributed by atoms with Crippen molar-refractivity contribution in [1.29, 1.82) is 0 Å². The zero-order valence-corrected chi connectivity index (χ0v) is 45.9. The molecule has 0 aromatic heterocycles. The van der Waals surface area contributed by atoms with E-state index < -0.39 is 0 Å². The minimum atomic E-state index is -0.00764. The normalized spacial score (nSPS) is 21.3. The van der Waals surface area contributed by atoms with Crippen LogP contribution in [0.4, 0.5) is 11.4 Å². The van der Waals surface area contributed by atoms with Crippen molar-refractivity contribution in [3.63, 3.8) is 0 Å². The number of allylic oxidation sites excluding steroid dienone is 4. The summed E-state index contributed by atoms with van der Waals surface area (Å²) in [6.07, 6.45) is 36.1. The molecule has 3 aliphatic rings. The molecular weight excluding hydrogens is 807 g/mol. The number of rotatable bonds is 28. The van der Waals surface area contributed by atoms with E-state index in [-0.39, 0.29) is 21.7 Å². The number of benzene rings is 3. The summed E-state index contributed by atoms with van der Waals surface area (Å²) in [5.41, 5.74) is 16.0. The van der Waals surface area contributed by atoms with Gasteiger partial charge in [0.25, 0.3) is 0 Å². The largest absolute Gasteiger partial charge is 0.341 e. The first kappa shape index (κ1) is 53.3. The quantitative estimate of drug-likeness (QED) is 0.0702. The molecule has 0 radical (unpaired) electrons. The third-order valence-corrected chi connectivity index (χ3v) is 18.6. The molecule has 0 N–H and O–H groups in total.